The number of carbonyl (C=O) groups is 1. The van der Waals surface area contributed by atoms with Crippen LogP contribution in [0, 0.1) is 6.92 Å². The van der Waals surface area contributed by atoms with Gasteiger partial charge in [0, 0.05) is 47.9 Å². The van der Waals surface area contributed by atoms with Gasteiger partial charge < -0.3 is 25.8 Å². The van der Waals surface area contributed by atoms with Crippen LogP contribution in [0.2, 0.25) is 0 Å². The van der Waals surface area contributed by atoms with E-state index in [0.717, 1.165) is 42.7 Å². The Morgan fingerprint density at radius 2 is 1.87 bits per heavy atom. The number of nitrogens with one attached hydrogen (secondary N) is 4. The van der Waals surface area contributed by atoms with Gasteiger partial charge in [0.25, 0.3) is 5.91 Å². The van der Waals surface area contributed by atoms with Gasteiger partial charge in [0.2, 0.25) is 0 Å². The van der Waals surface area contributed by atoms with Crippen molar-refractivity contribution in [3.05, 3.63) is 77.6 Å². The molecule has 0 aliphatic carbocycles. The first-order valence-corrected chi connectivity index (χ1v) is 12.6. The van der Waals surface area contributed by atoms with Crippen molar-refractivity contribution in [2.75, 3.05) is 42.1 Å². The highest BCUT2D eigenvalue weighted by Gasteiger charge is 2.30. The zero-order chi connectivity index (χ0) is 26.7. The minimum Gasteiger partial charge on any atom is -0.382 e. The van der Waals surface area contributed by atoms with Gasteiger partial charge in [-0.25, -0.2) is 4.98 Å². The monoisotopic (exact) mass is 522 g/mol. The molecule has 0 unspecified atom stereocenters. The topological polar surface area (TPSA) is 85.1 Å². The van der Waals surface area contributed by atoms with Gasteiger partial charge in [0.05, 0.1) is 16.8 Å². The van der Waals surface area contributed by atoms with Gasteiger partial charge in [-0.3, -0.25) is 4.79 Å². The number of pyridine rings is 1. The normalized spacial score (nSPS) is 14.1. The van der Waals surface area contributed by atoms with Crippen molar-refractivity contribution < 1.29 is 18.0 Å². The molecule has 0 atom stereocenters. The Kier molecular flexibility index (Phi) is 7.24. The van der Waals surface area contributed by atoms with Crippen LogP contribution in [0.5, 0.6) is 0 Å². The lowest BCUT2D eigenvalue weighted by Crippen LogP contribution is -2.26. The number of nitrogens with zero attached hydrogens (tertiary/aromatic N) is 2. The fraction of sp³-hybridized carbons (Fsp3) is 0.286. The number of rotatable bonds is 8. The van der Waals surface area contributed by atoms with E-state index in [1.54, 1.807) is 36.7 Å². The van der Waals surface area contributed by atoms with Gasteiger partial charge in [-0.15, -0.1) is 0 Å². The van der Waals surface area contributed by atoms with Crippen LogP contribution in [0.25, 0.3) is 11.0 Å². The second kappa shape index (κ2) is 10.7. The molecule has 10 heteroatoms. The summed E-state index contributed by atoms with van der Waals surface area (Å²) in [7, 11) is 0. The number of aryl methyl sites for hydroxylation is 1. The van der Waals surface area contributed by atoms with Crippen LogP contribution in [0.15, 0.2) is 60.9 Å². The van der Waals surface area contributed by atoms with E-state index in [1.165, 1.54) is 18.9 Å². The lowest BCUT2D eigenvalue weighted by molar-refractivity contribution is -0.137. The number of H-pyrrole nitrogens is 1. The molecule has 1 saturated heterocycles. The van der Waals surface area contributed by atoms with Gasteiger partial charge in [-0.05, 0) is 74.8 Å². The lowest BCUT2D eigenvalue weighted by atomic mass is 10.1. The second-order valence-electron chi connectivity index (χ2n) is 9.45. The van der Waals surface area contributed by atoms with Gasteiger partial charge in [-0.1, -0.05) is 12.1 Å². The molecule has 1 fully saturated rings. The molecule has 38 heavy (non-hydrogen) atoms. The summed E-state index contributed by atoms with van der Waals surface area (Å²) in [6.45, 7) is 5.62. The number of fused-ring (bicyclic) bond motifs is 1. The number of amides is 1. The molecule has 7 nitrogen and oxygen atoms in total. The first-order chi connectivity index (χ1) is 18.3. The Labute approximate surface area is 218 Å². The van der Waals surface area contributed by atoms with Crippen LogP contribution in [0.1, 0.15) is 34.3 Å². The summed E-state index contributed by atoms with van der Waals surface area (Å²) in [6, 6.07) is 12.1. The molecule has 1 aliphatic rings. The SMILES string of the molecule is Cc1ccc(Nc2cccc(C(F)(F)F)c2)cc1NC(=O)c1cnc2[nH]ccc2c1NCCN1CCCC1. The largest absolute Gasteiger partial charge is 0.416 e. The quantitative estimate of drug-likeness (QED) is 0.215. The highest BCUT2D eigenvalue weighted by atomic mass is 19.4. The van der Waals surface area contributed by atoms with E-state index in [1.807, 2.05) is 13.0 Å². The van der Waals surface area contributed by atoms with Crippen molar-refractivity contribution >= 4 is 39.7 Å². The zero-order valence-corrected chi connectivity index (χ0v) is 21.0. The summed E-state index contributed by atoms with van der Waals surface area (Å²) in [4.78, 5) is 23.3. The third kappa shape index (κ3) is 5.75. The van der Waals surface area contributed by atoms with Crippen LogP contribution >= 0.6 is 0 Å². The Morgan fingerprint density at radius 1 is 1.08 bits per heavy atom. The second-order valence-corrected chi connectivity index (χ2v) is 9.45. The Hall–Kier alpha value is -4.05. The predicted molar refractivity (Wildman–Crippen MR) is 144 cm³/mol. The van der Waals surface area contributed by atoms with Gasteiger partial charge in [0.15, 0.2) is 0 Å². The highest BCUT2D eigenvalue weighted by molar-refractivity contribution is 6.12. The van der Waals surface area contributed by atoms with Gasteiger partial charge >= 0.3 is 6.18 Å². The minimum atomic E-state index is -4.43. The minimum absolute atomic E-state index is 0.299. The molecular weight excluding hydrogens is 493 g/mol. The number of hydrogen-bond acceptors (Lipinski definition) is 5. The Morgan fingerprint density at radius 3 is 2.66 bits per heavy atom. The summed E-state index contributed by atoms with van der Waals surface area (Å²) in [5, 5.41) is 10.2. The molecule has 0 spiro atoms. The number of likely N-dealkylation sites (tertiary alicyclic amines) is 1. The number of alkyl halides is 3. The molecule has 1 amide bonds. The number of hydrogen-bond donors (Lipinski definition) is 4. The molecule has 4 aromatic rings. The summed E-state index contributed by atoms with van der Waals surface area (Å²) >= 11 is 0. The number of benzene rings is 2. The smallest absolute Gasteiger partial charge is 0.382 e. The number of anilines is 4. The highest BCUT2D eigenvalue weighted by Crippen LogP contribution is 2.32. The summed E-state index contributed by atoms with van der Waals surface area (Å²) in [5.74, 6) is -0.330. The summed E-state index contributed by atoms with van der Waals surface area (Å²) in [5.41, 5.74) is 3.28. The maximum absolute atomic E-state index is 13.4. The number of carbonyl (C=O) groups excluding carboxylic acids is 1. The standard InChI is InChI=1S/C28H29F3N6O/c1-18-7-8-21(35-20-6-4-5-19(15-20)28(29,30)31)16-24(18)36-27(38)23-17-34-26-22(9-10-33-26)25(23)32-11-14-37-12-2-3-13-37/h4-10,15-17,35H,2-3,11-14H2,1H3,(H,36,38)(H2,32,33,34). The lowest BCUT2D eigenvalue weighted by Gasteiger charge is -2.18. The molecular formula is C28H29F3N6O. The molecule has 5 rings (SSSR count). The maximum atomic E-state index is 13.4. The van der Waals surface area contributed by atoms with Crippen molar-refractivity contribution in [2.24, 2.45) is 0 Å². The van der Waals surface area contributed by atoms with E-state index in [0.29, 0.717) is 40.5 Å². The third-order valence-electron chi connectivity index (χ3n) is 6.72. The number of halogens is 3. The summed E-state index contributed by atoms with van der Waals surface area (Å²) in [6.07, 6.45) is 1.33. The van der Waals surface area contributed by atoms with E-state index in [2.05, 4.69) is 30.8 Å². The molecule has 2 aromatic carbocycles. The van der Waals surface area contributed by atoms with E-state index >= 15 is 0 Å². The molecule has 0 bridgehead atoms. The number of aromatic nitrogens is 2. The van der Waals surface area contributed by atoms with Crippen LogP contribution in [-0.4, -0.2) is 47.0 Å². The predicted octanol–water partition coefficient (Wildman–Crippen LogP) is 6.39. The van der Waals surface area contributed by atoms with E-state index < -0.39 is 11.7 Å². The Bertz CT molecular complexity index is 1440. The molecule has 3 heterocycles. The van der Waals surface area contributed by atoms with Gasteiger partial charge in [-0.2, -0.15) is 13.2 Å². The van der Waals surface area contributed by atoms with E-state index in [-0.39, 0.29) is 5.91 Å². The summed E-state index contributed by atoms with van der Waals surface area (Å²) < 4.78 is 39.3. The van der Waals surface area contributed by atoms with Crippen LogP contribution < -0.4 is 16.0 Å². The molecule has 198 valence electrons. The van der Waals surface area contributed by atoms with Crippen molar-refractivity contribution in [3.63, 3.8) is 0 Å². The molecule has 1 aliphatic heterocycles. The fourth-order valence-electron chi connectivity index (χ4n) is 4.68. The fourth-order valence-corrected chi connectivity index (χ4v) is 4.68. The maximum Gasteiger partial charge on any atom is 0.416 e. The Balaban J connectivity index is 1.35. The van der Waals surface area contributed by atoms with Crippen molar-refractivity contribution in [1.29, 1.82) is 0 Å². The van der Waals surface area contributed by atoms with E-state index in [9.17, 15) is 18.0 Å². The van der Waals surface area contributed by atoms with Crippen LogP contribution in [-0.2, 0) is 6.18 Å². The van der Waals surface area contributed by atoms with Gasteiger partial charge in [0.1, 0.15) is 5.65 Å². The number of aromatic amines is 1. The first-order valence-electron chi connectivity index (χ1n) is 12.6. The molecule has 4 N–H and O–H groups in total. The average Bonchev–Trinajstić information content (AvgIpc) is 3.58. The average molecular weight is 523 g/mol. The molecule has 2 aromatic heterocycles. The van der Waals surface area contributed by atoms with Crippen molar-refractivity contribution in [2.45, 2.75) is 25.9 Å². The molecule has 0 radical (unpaired) electrons. The van der Waals surface area contributed by atoms with E-state index in [4.69, 9.17) is 0 Å². The first kappa shape index (κ1) is 25.6. The van der Waals surface area contributed by atoms with Crippen molar-refractivity contribution in [3.8, 4) is 0 Å². The molecule has 0 saturated carbocycles. The zero-order valence-electron chi connectivity index (χ0n) is 21.0. The van der Waals surface area contributed by atoms with Crippen molar-refractivity contribution in [1.82, 2.24) is 14.9 Å². The third-order valence-corrected chi connectivity index (χ3v) is 6.72. The van der Waals surface area contributed by atoms with Crippen LogP contribution in [0.4, 0.5) is 35.9 Å². The van der Waals surface area contributed by atoms with Crippen LogP contribution in [0.3, 0.4) is 0 Å².